The number of aryl methyl sites for hydroxylation is 1. The van der Waals surface area contributed by atoms with E-state index in [9.17, 15) is 9.59 Å². The van der Waals surface area contributed by atoms with E-state index in [1.165, 1.54) is 18.3 Å². The van der Waals surface area contributed by atoms with Crippen LogP contribution in [0.25, 0.3) is 10.6 Å². The zero-order chi connectivity index (χ0) is 18.5. The number of benzene rings is 1. The number of ketones is 1. The highest BCUT2D eigenvalue weighted by Crippen LogP contribution is 2.27. The third kappa shape index (κ3) is 3.87. The second-order valence-corrected chi connectivity index (χ2v) is 6.58. The third-order valence-corrected chi connectivity index (χ3v) is 4.64. The lowest BCUT2D eigenvalue weighted by Gasteiger charge is -2.05. The molecule has 130 valence electrons. The van der Waals surface area contributed by atoms with Crippen LogP contribution >= 0.6 is 11.3 Å². The molecule has 0 aliphatic rings. The van der Waals surface area contributed by atoms with E-state index in [4.69, 9.17) is 5.26 Å². The number of carbonyl (C=O) groups is 2. The van der Waals surface area contributed by atoms with Crippen molar-refractivity contribution in [1.29, 1.82) is 5.26 Å². The van der Waals surface area contributed by atoms with Crippen LogP contribution < -0.4 is 5.32 Å². The molecule has 0 saturated carbocycles. The summed E-state index contributed by atoms with van der Waals surface area (Å²) in [4.78, 5) is 25.0. The second kappa shape index (κ2) is 7.76. The maximum atomic E-state index is 12.7. The van der Waals surface area contributed by atoms with Crippen LogP contribution in [-0.4, -0.2) is 21.5 Å². The van der Waals surface area contributed by atoms with Crippen LogP contribution in [0.1, 0.15) is 34.1 Å². The molecule has 2 aromatic heterocycles. The molecular formula is C19H16N4O2S. The van der Waals surface area contributed by atoms with Gasteiger partial charge in [0.1, 0.15) is 5.69 Å². The first-order chi connectivity index (χ1) is 12.6. The molecule has 0 bridgehead atoms. The van der Waals surface area contributed by atoms with E-state index in [0.29, 0.717) is 35.5 Å². The van der Waals surface area contributed by atoms with Crippen molar-refractivity contribution in [3.8, 4) is 16.6 Å². The van der Waals surface area contributed by atoms with Gasteiger partial charge in [-0.1, -0.05) is 6.07 Å². The van der Waals surface area contributed by atoms with Gasteiger partial charge in [-0.2, -0.15) is 10.4 Å². The lowest BCUT2D eigenvalue weighted by atomic mass is 10.1. The number of hydrogen-bond acceptors (Lipinski definition) is 5. The average Bonchev–Trinajstić information content (AvgIpc) is 3.29. The summed E-state index contributed by atoms with van der Waals surface area (Å²) < 4.78 is 1.62. The fraction of sp³-hybridized carbons (Fsp3) is 0.158. The first kappa shape index (κ1) is 17.6. The molecule has 3 aromatic rings. The van der Waals surface area contributed by atoms with Crippen molar-refractivity contribution in [3.05, 3.63) is 59.1 Å². The summed E-state index contributed by atoms with van der Waals surface area (Å²) >= 11 is 1.50. The Kier molecular flexibility index (Phi) is 5.25. The van der Waals surface area contributed by atoms with Gasteiger partial charge in [0.15, 0.2) is 5.78 Å². The van der Waals surface area contributed by atoms with Gasteiger partial charge in [0.25, 0.3) is 5.91 Å². The smallest absolute Gasteiger partial charge is 0.259 e. The number of nitrogens with one attached hydrogen (secondary N) is 1. The van der Waals surface area contributed by atoms with Gasteiger partial charge in [0.05, 0.1) is 29.5 Å². The molecule has 0 spiro atoms. The number of carbonyl (C=O) groups excluding carboxylic acids is 2. The third-order valence-electron chi connectivity index (χ3n) is 3.76. The van der Waals surface area contributed by atoms with Crippen molar-refractivity contribution in [3.63, 3.8) is 0 Å². The van der Waals surface area contributed by atoms with E-state index >= 15 is 0 Å². The molecule has 1 N–H and O–H groups in total. The van der Waals surface area contributed by atoms with Crippen LogP contribution in [0.15, 0.2) is 48.0 Å². The molecule has 26 heavy (non-hydrogen) atoms. The van der Waals surface area contributed by atoms with Gasteiger partial charge >= 0.3 is 0 Å². The van der Waals surface area contributed by atoms with Crippen LogP contribution in [0, 0.1) is 11.3 Å². The minimum absolute atomic E-state index is 0.0263. The Morgan fingerprint density at radius 2 is 2.04 bits per heavy atom. The van der Waals surface area contributed by atoms with E-state index in [2.05, 4.69) is 16.5 Å². The van der Waals surface area contributed by atoms with Crippen molar-refractivity contribution in [2.24, 2.45) is 0 Å². The molecule has 0 aliphatic heterocycles. The molecule has 0 radical (unpaired) electrons. The SMILES string of the molecule is CC(=O)c1ccc(NC(=O)c2cn(CCC#N)nc2-c2cccs2)cc1. The van der Waals surface area contributed by atoms with Gasteiger partial charge < -0.3 is 5.32 Å². The van der Waals surface area contributed by atoms with Crippen molar-refractivity contribution >= 4 is 28.7 Å². The summed E-state index contributed by atoms with van der Waals surface area (Å²) in [7, 11) is 0. The van der Waals surface area contributed by atoms with E-state index in [1.54, 1.807) is 35.1 Å². The Labute approximate surface area is 154 Å². The number of aromatic nitrogens is 2. The van der Waals surface area contributed by atoms with E-state index < -0.39 is 0 Å². The van der Waals surface area contributed by atoms with Crippen LogP contribution in [-0.2, 0) is 6.54 Å². The normalized spacial score (nSPS) is 10.3. The quantitative estimate of drug-likeness (QED) is 0.670. The molecule has 1 amide bonds. The van der Waals surface area contributed by atoms with Gasteiger partial charge in [-0.05, 0) is 42.6 Å². The van der Waals surface area contributed by atoms with Crippen LogP contribution in [0.4, 0.5) is 5.69 Å². The topological polar surface area (TPSA) is 87.8 Å². The zero-order valence-corrected chi connectivity index (χ0v) is 14.9. The van der Waals surface area contributed by atoms with Crippen molar-refractivity contribution in [1.82, 2.24) is 9.78 Å². The molecule has 0 saturated heterocycles. The van der Waals surface area contributed by atoms with Crippen molar-refractivity contribution in [2.45, 2.75) is 19.9 Å². The summed E-state index contributed by atoms with van der Waals surface area (Å²) in [6, 6.07) is 12.6. The van der Waals surface area contributed by atoms with E-state index in [-0.39, 0.29) is 11.7 Å². The van der Waals surface area contributed by atoms with Gasteiger partial charge in [-0.3, -0.25) is 14.3 Å². The van der Waals surface area contributed by atoms with Crippen LogP contribution in [0.5, 0.6) is 0 Å². The van der Waals surface area contributed by atoms with Crippen molar-refractivity contribution in [2.75, 3.05) is 5.32 Å². The minimum atomic E-state index is -0.285. The Morgan fingerprint density at radius 1 is 1.27 bits per heavy atom. The van der Waals surface area contributed by atoms with Gasteiger partial charge in [-0.25, -0.2) is 0 Å². The first-order valence-electron chi connectivity index (χ1n) is 7.99. The fourth-order valence-corrected chi connectivity index (χ4v) is 3.17. The number of nitriles is 1. The Hall–Kier alpha value is -3.24. The lowest BCUT2D eigenvalue weighted by molar-refractivity contribution is 0.101. The average molecular weight is 364 g/mol. The fourth-order valence-electron chi connectivity index (χ4n) is 2.45. The highest BCUT2D eigenvalue weighted by molar-refractivity contribution is 7.13. The number of nitrogens with zero attached hydrogens (tertiary/aromatic N) is 3. The molecule has 1 aromatic carbocycles. The van der Waals surface area contributed by atoms with Crippen LogP contribution in [0.3, 0.4) is 0 Å². The maximum absolute atomic E-state index is 12.7. The standard InChI is InChI=1S/C19H16N4O2S/c1-13(24)14-5-7-15(8-6-14)21-19(25)16-12-23(10-3-9-20)22-18(16)17-4-2-11-26-17/h2,4-8,11-12H,3,10H2,1H3,(H,21,25). The number of Topliss-reactive ketones (excluding diaryl/α,β-unsaturated/α-hetero) is 1. The summed E-state index contributed by atoms with van der Waals surface area (Å²) in [6.07, 6.45) is 1.98. The number of anilines is 1. The largest absolute Gasteiger partial charge is 0.322 e. The number of rotatable bonds is 6. The predicted octanol–water partition coefficient (Wildman–Crippen LogP) is 3.98. The Balaban J connectivity index is 1.86. The van der Waals surface area contributed by atoms with Gasteiger partial charge in [-0.15, -0.1) is 11.3 Å². The minimum Gasteiger partial charge on any atom is -0.322 e. The summed E-state index contributed by atoms with van der Waals surface area (Å²) in [5, 5.41) is 18.0. The monoisotopic (exact) mass is 364 g/mol. The summed E-state index contributed by atoms with van der Waals surface area (Å²) in [6.45, 7) is 1.92. The summed E-state index contributed by atoms with van der Waals surface area (Å²) in [5.74, 6) is -0.311. The Bertz CT molecular complexity index is 966. The molecule has 7 heteroatoms. The molecule has 0 atom stereocenters. The van der Waals surface area contributed by atoms with Crippen LogP contribution in [0.2, 0.25) is 0 Å². The highest BCUT2D eigenvalue weighted by Gasteiger charge is 2.19. The van der Waals surface area contributed by atoms with Crippen molar-refractivity contribution < 1.29 is 9.59 Å². The maximum Gasteiger partial charge on any atom is 0.259 e. The highest BCUT2D eigenvalue weighted by atomic mass is 32.1. The Morgan fingerprint density at radius 3 is 2.65 bits per heavy atom. The lowest BCUT2D eigenvalue weighted by Crippen LogP contribution is -2.12. The second-order valence-electron chi connectivity index (χ2n) is 5.63. The number of hydrogen-bond donors (Lipinski definition) is 1. The predicted molar refractivity (Wildman–Crippen MR) is 100 cm³/mol. The van der Waals surface area contributed by atoms with Gasteiger partial charge in [0, 0.05) is 17.4 Å². The molecule has 3 rings (SSSR count). The molecule has 0 unspecified atom stereocenters. The number of thiophene rings is 1. The molecule has 0 fully saturated rings. The van der Waals surface area contributed by atoms with E-state index in [0.717, 1.165) is 4.88 Å². The molecule has 6 nitrogen and oxygen atoms in total. The first-order valence-corrected chi connectivity index (χ1v) is 8.87. The number of amides is 1. The zero-order valence-electron chi connectivity index (χ0n) is 14.1. The molecule has 2 heterocycles. The van der Waals surface area contributed by atoms with Gasteiger partial charge in [0.2, 0.25) is 0 Å². The molecule has 0 aliphatic carbocycles. The molecular weight excluding hydrogens is 348 g/mol. The van der Waals surface area contributed by atoms with E-state index in [1.807, 2.05) is 17.5 Å². The summed E-state index contributed by atoms with van der Waals surface area (Å²) in [5.41, 5.74) is 2.23.